The predicted molar refractivity (Wildman–Crippen MR) is 107 cm³/mol. The van der Waals surface area contributed by atoms with Crippen LogP contribution < -0.4 is 4.90 Å². The van der Waals surface area contributed by atoms with Gasteiger partial charge in [0.1, 0.15) is 4.48 Å². The molecule has 0 saturated carbocycles. The van der Waals surface area contributed by atoms with Gasteiger partial charge in [-0.05, 0) is 45.6 Å². The van der Waals surface area contributed by atoms with Gasteiger partial charge in [-0.15, -0.1) is 0 Å². The number of nitriles is 1. The molecule has 140 valence electrons. The van der Waals surface area contributed by atoms with Gasteiger partial charge in [-0.3, -0.25) is 14.6 Å². The van der Waals surface area contributed by atoms with Crippen molar-refractivity contribution in [3.05, 3.63) is 69.6 Å². The summed E-state index contributed by atoms with van der Waals surface area (Å²) < 4.78 is 0.321. The van der Waals surface area contributed by atoms with Gasteiger partial charge in [0.05, 0.1) is 30.3 Å². The molecular weight excluding hydrogens is 420 g/mol. The summed E-state index contributed by atoms with van der Waals surface area (Å²) in [6.07, 6.45) is 3.15. The third-order valence-corrected chi connectivity index (χ3v) is 5.81. The van der Waals surface area contributed by atoms with E-state index in [0.29, 0.717) is 29.0 Å². The van der Waals surface area contributed by atoms with Gasteiger partial charge in [-0.25, -0.2) is 4.90 Å². The first-order valence-corrected chi connectivity index (χ1v) is 9.69. The lowest BCUT2D eigenvalue weighted by molar-refractivity contribution is -0.128. The van der Waals surface area contributed by atoms with E-state index in [4.69, 9.17) is 0 Å². The number of benzene rings is 1. The molecule has 0 bridgehead atoms. The molecule has 2 aliphatic heterocycles. The Labute approximate surface area is 171 Å². The minimum absolute atomic E-state index is 0.000857. The lowest BCUT2D eigenvalue weighted by Crippen LogP contribution is -2.48. The van der Waals surface area contributed by atoms with Crippen molar-refractivity contribution in [2.24, 2.45) is 5.92 Å². The Balaban J connectivity index is 1.77. The quantitative estimate of drug-likeness (QED) is 0.688. The molecule has 0 aliphatic carbocycles. The van der Waals surface area contributed by atoms with Crippen LogP contribution in [0, 0.1) is 24.2 Å². The molecule has 1 unspecified atom stereocenters. The Hall–Kier alpha value is -2.98. The van der Waals surface area contributed by atoms with Gasteiger partial charge in [-0.2, -0.15) is 5.26 Å². The molecule has 3 heterocycles. The number of nitrogens with zero attached hydrogens (tertiary/aromatic N) is 4. The Kier molecular flexibility index (Phi) is 4.73. The fourth-order valence-electron chi connectivity index (χ4n) is 3.78. The van der Waals surface area contributed by atoms with Crippen molar-refractivity contribution in [3.8, 4) is 6.07 Å². The topological polar surface area (TPSA) is 77.3 Å². The minimum Gasteiger partial charge on any atom is -0.364 e. The molecule has 1 aromatic heterocycles. The van der Waals surface area contributed by atoms with Gasteiger partial charge in [0.2, 0.25) is 5.91 Å². The number of anilines is 1. The smallest absolute Gasteiger partial charge is 0.273 e. The molecular formula is C21H17BrN4O2. The van der Waals surface area contributed by atoms with Crippen LogP contribution in [0.5, 0.6) is 0 Å². The Morgan fingerprint density at radius 2 is 1.89 bits per heavy atom. The number of aromatic nitrogens is 1. The van der Waals surface area contributed by atoms with Crippen LogP contribution in [0.15, 0.2) is 52.9 Å². The van der Waals surface area contributed by atoms with Crippen molar-refractivity contribution < 1.29 is 9.59 Å². The first-order valence-electron chi connectivity index (χ1n) is 8.89. The largest absolute Gasteiger partial charge is 0.364 e. The van der Waals surface area contributed by atoms with Crippen molar-refractivity contribution in [1.29, 1.82) is 5.26 Å². The lowest BCUT2D eigenvalue weighted by atomic mass is 9.94. The maximum Gasteiger partial charge on any atom is 0.273 e. The number of hydrogen-bond donors (Lipinski definition) is 0. The van der Waals surface area contributed by atoms with Crippen LogP contribution in [0.3, 0.4) is 0 Å². The number of halogens is 1. The van der Waals surface area contributed by atoms with Crippen molar-refractivity contribution in [1.82, 2.24) is 9.88 Å². The summed E-state index contributed by atoms with van der Waals surface area (Å²) in [6, 6.07) is 11.9. The van der Waals surface area contributed by atoms with Crippen LogP contribution >= 0.6 is 15.9 Å². The predicted octanol–water partition coefficient (Wildman–Crippen LogP) is 3.42. The fourth-order valence-corrected chi connectivity index (χ4v) is 4.48. The van der Waals surface area contributed by atoms with E-state index < -0.39 is 17.7 Å². The van der Waals surface area contributed by atoms with Crippen LogP contribution in [0.2, 0.25) is 0 Å². The van der Waals surface area contributed by atoms with E-state index in [0.717, 1.165) is 21.6 Å². The third kappa shape index (κ3) is 3.00. The molecule has 0 N–H and O–H groups in total. The zero-order valence-corrected chi connectivity index (χ0v) is 16.8. The molecule has 0 radical (unpaired) electrons. The maximum atomic E-state index is 13.3. The van der Waals surface area contributed by atoms with Gasteiger partial charge < -0.3 is 4.90 Å². The second-order valence-electron chi connectivity index (χ2n) is 6.94. The van der Waals surface area contributed by atoms with Gasteiger partial charge in [0, 0.05) is 25.0 Å². The molecule has 7 heteroatoms. The van der Waals surface area contributed by atoms with Crippen molar-refractivity contribution >= 4 is 33.4 Å². The third-order valence-electron chi connectivity index (χ3n) is 5.06. The summed E-state index contributed by atoms with van der Waals surface area (Å²) in [7, 11) is 0. The molecule has 1 aromatic carbocycles. The second-order valence-corrected chi connectivity index (χ2v) is 7.73. The van der Waals surface area contributed by atoms with E-state index >= 15 is 0 Å². The Morgan fingerprint density at radius 1 is 1.21 bits per heavy atom. The highest BCUT2D eigenvalue weighted by atomic mass is 79.9. The lowest BCUT2D eigenvalue weighted by Gasteiger charge is -2.36. The van der Waals surface area contributed by atoms with Crippen molar-refractivity contribution in [3.63, 3.8) is 0 Å². The summed E-state index contributed by atoms with van der Waals surface area (Å²) in [5, 5.41) is 9.35. The van der Waals surface area contributed by atoms with Crippen LogP contribution in [0.25, 0.3) is 0 Å². The molecule has 2 aromatic rings. The molecule has 6 nitrogen and oxygen atoms in total. The molecule has 0 saturated heterocycles. The standard InChI is InChI=1S/C21H17BrN4O2/c1-13-8-16(10-24-9-13)26-20(27)17(6-7-23)19(18(22)21(26)28)25-11-14-4-2-3-5-15(14)12-25/h2-5,8-10,17H,6,11-12H2,1H3. The Bertz CT molecular complexity index is 1030. The Morgan fingerprint density at radius 3 is 2.50 bits per heavy atom. The summed E-state index contributed by atoms with van der Waals surface area (Å²) in [6.45, 7) is 3.06. The first kappa shape index (κ1) is 18.4. The van der Waals surface area contributed by atoms with Crippen LogP contribution in [0.4, 0.5) is 5.69 Å². The number of carbonyl (C=O) groups excluding carboxylic acids is 2. The minimum atomic E-state index is -0.716. The fraction of sp³-hybridized carbons (Fsp3) is 0.238. The highest BCUT2D eigenvalue weighted by Gasteiger charge is 2.43. The monoisotopic (exact) mass is 436 g/mol. The van der Waals surface area contributed by atoms with Crippen molar-refractivity contribution in [2.75, 3.05) is 4.90 Å². The van der Waals surface area contributed by atoms with E-state index in [1.54, 1.807) is 12.3 Å². The summed E-state index contributed by atoms with van der Waals surface area (Å²) in [5.74, 6) is -1.54. The van der Waals surface area contributed by atoms with E-state index in [1.165, 1.54) is 6.20 Å². The number of hydrogen-bond acceptors (Lipinski definition) is 5. The number of imide groups is 1. The number of aryl methyl sites for hydroxylation is 1. The molecule has 4 rings (SSSR count). The summed E-state index contributed by atoms with van der Waals surface area (Å²) in [4.78, 5) is 33.6. The number of fused-ring (bicyclic) bond motifs is 1. The van der Waals surface area contributed by atoms with E-state index in [9.17, 15) is 14.9 Å². The van der Waals surface area contributed by atoms with Gasteiger partial charge in [0.25, 0.3) is 5.91 Å². The molecule has 0 spiro atoms. The molecule has 1 atom stereocenters. The van der Waals surface area contributed by atoms with E-state index in [2.05, 4.69) is 27.0 Å². The van der Waals surface area contributed by atoms with Crippen LogP contribution in [0.1, 0.15) is 23.1 Å². The first-order chi connectivity index (χ1) is 13.5. The average Bonchev–Trinajstić information content (AvgIpc) is 3.10. The summed E-state index contributed by atoms with van der Waals surface area (Å²) >= 11 is 3.43. The maximum absolute atomic E-state index is 13.3. The van der Waals surface area contributed by atoms with Gasteiger partial charge >= 0.3 is 0 Å². The van der Waals surface area contributed by atoms with Crippen molar-refractivity contribution in [2.45, 2.75) is 26.4 Å². The zero-order valence-electron chi connectivity index (χ0n) is 15.2. The number of pyridine rings is 1. The molecule has 2 amide bonds. The number of amides is 2. The average molecular weight is 437 g/mol. The number of carbonyl (C=O) groups is 2. The zero-order chi connectivity index (χ0) is 19.8. The van der Waals surface area contributed by atoms with E-state index in [1.807, 2.05) is 36.1 Å². The van der Waals surface area contributed by atoms with Crippen LogP contribution in [-0.2, 0) is 22.7 Å². The summed E-state index contributed by atoms with van der Waals surface area (Å²) in [5.41, 5.74) is 4.17. The highest BCUT2D eigenvalue weighted by Crippen LogP contribution is 2.39. The number of rotatable bonds is 3. The second kappa shape index (κ2) is 7.21. The van der Waals surface area contributed by atoms with E-state index in [-0.39, 0.29) is 6.42 Å². The molecule has 0 fully saturated rings. The van der Waals surface area contributed by atoms with Gasteiger partial charge in [-0.1, -0.05) is 24.3 Å². The van der Waals surface area contributed by atoms with Crippen LogP contribution in [-0.4, -0.2) is 21.7 Å². The van der Waals surface area contributed by atoms with Gasteiger partial charge in [0.15, 0.2) is 0 Å². The highest BCUT2D eigenvalue weighted by molar-refractivity contribution is 9.12. The molecule has 2 aliphatic rings. The SMILES string of the molecule is Cc1cncc(N2C(=O)C(Br)=C(N3Cc4ccccc4C3)C(CC#N)C2=O)c1. The molecule has 28 heavy (non-hydrogen) atoms. The normalized spacial score (nSPS) is 19.1.